The molecule has 0 bridgehead atoms. The summed E-state index contributed by atoms with van der Waals surface area (Å²) in [7, 11) is 4.22. The molecule has 0 aromatic heterocycles. The number of ether oxygens (including phenoxy) is 2. The van der Waals surface area contributed by atoms with E-state index >= 15 is 0 Å². The Morgan fingerprint density at radius 2 is 1.96 bits per heavy atom. The quantitative estimate of drug-likeness (QED) is 0.639. The monoisotopic (exact) mass is 380 g/mol. The van der Waals surface area contributed by atoms with Crippen LogP contribution in [0.3, 0.4) is 0 Å². The standard InChI is InChI=1S/C19H29N3O5/c1-25-17-10-9-14(22(24)27-3)12-16(17)21-19(23)18(26-2)15(20)11-13-7-5-4-6-8-13/h9-10,12-13,15,18H,4-8,11,20H2,1-3H3/p+1. The predicted molar refractivity (Wildman–Crippen MR) is 102 cm³/mol. The van der Waals surface area contributed by atoms with E-state index < -0.39 is 12.1 Å². The second kappa shape index (κ2) is 10.2. The Hall–Kier alpha value is -2.19. The number of benzene rings is 1. The Bertz CT molecular complexity index is 646. The first-order valence-electron chi connectivity index (χ1n) is 9.28. The molecule has 2 unspecified atom stereocenters. The number of anilines is 1. The van der Waals surface area contributed by atoms with Gasteiger partial charge in [-0.2, -0.15) is 0 Å². The number of amides is 1. The van der Waals surface area contributed by atoms with Gasteiger partial charge in [-0.05, 0) is 18.4 Å². The van der Waals surface area contributed by atoms with E-state index in [9.17, 15) is 9.70 Å². The highest BCUT2D eigenvalue weighted by Crippen LogP contribution is 2.30. The number of nitrogens with zero attached hydrogens (tertiary/aromatic N) is 1. The molecule has 1 aromatic rings. The average Bonchev–Trinajstić information content (AvgIpc) is 2.68. The van der Waals surface area contributed by atoms with Crippen LogP contribution in [0, 0.1) is 10.8 Å². The summed E-state index contributed by atoms with van der Waals surface area (Å²) in [5.41, 5.74) is 6.87. The van der Waals surface area contributed by atoms with Crippen molar-refractivity contribution >= 4 is 17.3 Å². The Morgan fingerprint density at radius 3 is 2.56 bits per heavy atom. The maximum Gasteiger partial charge on any atom is 0.319 e. The zero-order valence-corrected chi connectivity index (χ0v) is 16.3. The summed E-state index contributed by atoms with van der Waals surface area (Å²) in [6.45, 7) is 0. The molecule has 0 aliphatic heterocycles. The van der Waals surface area contributed by atoms with Gasteiger partial charge in [0.2, 0.25) is 0 Å². The van der Waals surface area contributed by atoms with E-state index in [-0.39, 0.29) is 11.6 Å². The van der Waals surface area contributed by atoms with E-state index in [1.54, 1.807) is 6.07 Å². The van der Waals surface area contributed by atoms with Crippen LogP contribution in [-0.4, -0.2) is 44.3 Å². The first-order chi connectivity index (χ1) is 13.0. The van der Waals surface area contributed by atoms with Gasteiger partial charge in [0.15, 0.2) is 13.2 Å². The van der Waals surface area contributed by atoms with Gasteiger partial charge in [0.25, 0.3) is 10.8 Å². The zero-order valence-electron chi connectivity index (χ0n) is 16.3. The third-order valence-electron chi connectivity index (χ3n) is 5.05. The highest BCUT2D eigenvalue weighted by Gasteiger charge is 2.29. The molecule has 1 aromatic carbocycles. The predicted octanol–water partition coefficient (Wildman–Crippen LogP) is 2.92. The van der Waals surface area contributed by atoms with Crippen LogP contribution in [0.4, 0.5) is 11.4 Å². The smallest absolute Gasteiger partial charge is 0.319 e. The van der Waals surface area contributed by atoms with Gasteiger partial charge in [-0.3, -0.25) is 4.79 Å². The van der Waals surface area contributed by atoms with E-state index in [2.05, 4.69) is 10.2 Å². The number of nitrogens with two attached hydrogens (primary N) is 1. The number of nitrogens with one attached hydrogen (secondary N) is 1. The molecule has 1 saturated carbocycles. The molecule has 150 valence electrons. The van der Waals surface area contributed by atoms with Crippen molar-refractivity contribution in [2.24, 2.45) is 11.7 Å². The Balaban J connectivity index is 2.09. The molecule has 8 nitrogen and oxygen atoms in total. The minimum absolute atomic E-state index is 0.231. The molecule has 0 radical (unpaired) electrons. The number of rotatable bonds is 9. The van der Waals surface area contributed by atoms with E-state index in [0.29, 0.717) is 22.3 Å². The van der Waals surface area contributed by atoms with Crippen molar-refractivity contribution in [3.05, 3.63) is 23.1 Å². The van der Waals surface area contributed by atoms with Crippen LogP contribution < -0.4 is 15.8 Å². The maximum atomic E-state index is 12.8. The zero-order chi connectivity index (χ0) is 19.8. The molecule has 1 aliphatic rings. The van der Waals surface area contributed by atoms with Gasteiger partial charge in [-0.1, -0.05) is 32.1 Å². The fourth-order valence-corrected chi connectivity index (χ4v) is 3.62. The van der Waals surface area contributed by atoms with Crippen molar-refractivity contribution in [1.82, 2.24) is 0 Å². The summed E-state index contributed by atoms with van der Waals surface area (Å²) in [6, 6.07) is 4.20. The normalized spacial score (nSPS) is 17.0. The van der Waals surface area contributed by atoms with E-state index in [1.165, 1.54) is 52.7 Å². The average molecular weight is 380 g/mol. The molecule has 1 amide bonds. The second-order valence-corrected chi connectivity index (χ2v) is 6.87. The van der Waals surface area contributed by atoms with E-state index in [4.69, 9.17) is 15.2 Å². The molecule has 1 fully saturated rings. The van der Waals surface area contributed by atoms with Crippen LogP contribution in [0.2, 0.25) is 0 Å². The van der Waals surface area contributed by atoms with Crippen LogP contribution in [0.5, 0.6) is 5.75 Å². The van der Waals surface area contributed by atoms with Gasteiger partial charge in [0, 0.05) is 25.3 Å². The summed E-state index contributed by atoms with van der Waals surface area (Å²) < 4.78 is 10.6. The van der Waals surface area contributed by atoms with E-state index in [0.717, 1.165) is 19.3 Å². The summed E-state index contributed by atoms with van der Waals surface area (Å²) in [6.07, 6.45) is 5.98. The molecule has 27 heavy (non-hydrogen) atoms. The van der Waals surface area contributed by atoms with Gasteiger partial charge >= 0.3 is 5.69 Å². The highest BCUT2D eigenvalue weighted by atomic mass is 16.8. The van der Waals surface area contributed by atoms with Crippen molar-refractivity contribution in [2.75, 3.05) is 26.6 Å². The van der Waals surface area contributed by atoms with Crippen LogP contribution in [-0.2, 0) is 14.4 Å². The number of carbonyl (C=O) groups is 1. The SMILES string of the molecule is COc1ccc([N+](=O)OC)cc1NC(=O)C(OC)C(N)CC1CCCCC1. The minimum Gasteiger partial charge on any atom is -0.495 e. The highest BCUT2D eigenvalue weighted by molar-refractivity contribution is 5.96. The number of hydrogen-bond donors (Lipinski definition) is 2. The first kappa shape index (κ1) is 21.1. The van der Waals surface area contributed by atoms with Crippen molar-refractivity contribution in [3.8, 4) is 5.75 Å². The number of hydrogen-bond acceptors (Lipinski definition) is 6. The van der Waals surface area contributed by atoms with Gasteiger partial charge in [-0.15, -0.1) is 0 Å². The van der Waals surface area contributed by atoms with Crippen LogP contribution in [0.1, 0.15) is 38.5 Å². The van der Waals surface area contributed by atoms with Crippen LogP contribution in [0.25, 0.3) is 0 Å². The minimum atomic E-state index is -0.786. The van der Waals surface area contributed by atoms with Crippen LogP contribution >= 0.6 is 0 Å². The summed E-state index contributed by atoms with van der Waals surface area (Å²) >= 11 is 0. The number of methoxy groups -OCH3 is 2. The maximum absolute atomic E-state index is 12.8. The molecule has 2 atom stereocenters. The van der Waals surface area contributed by atoms with Gasteiger partial charge in [0.1, 0.15) is 5.75 Å². The lowest BCUT2D eigenvalue weighted by Gasteiger charge is -2.28. The van der Waals surface area contributed by atoms with Gasteiger partial charge in [-0.25, -0.2) is 4.84 Å². The molecular weight excluding hydrogens is 350 g/mol. The second-order valence-electron chi connectivity index (χ2n) is 6.87. The Labute approximate surface area is 159 Å². The molecular formula is C19H30N3O5+. The van der Waals surface area contributed by atoms with Gasteiger partial charge < -0.3 is 20.5 Å². The number of carbonyl (C=O) groups excluding carboxylic acids is 1. The van der Waals surface area contributed by atoms with Crippen molar-refractivity contribution in [1.29, 1.82) is 0 Å². The summed E-state index contributed by atoms with van der Waals surface area (Å²) in [5, 5.41) is 2.76. The molecule has 8 heteroatoms. The molecule has 1 aliphatic carbocycles. The van der Waals surface area contributed by atoms with E-state index in [1.807, 2.05) is 0 Å². The molecule has 3 N–H and O–H groups in total. The third-order valence-corrected chi connectivity index (χ3v) is 5.05. The Kier molecular flexibility index (Phi) is 7.99. The van der Waals surface area contributed by atoms with Crippen molar-refractivity contribution in [2.45, 2.75) is 50.7 Å². The molecule has 0 heterocycles. The molecule has 0 spiro atoms. The Morgan fingerprint density at radius 1 is 1.26 bits per heavy atom. The topological polar surface area (TPSA) is 103 Å². The largest absolute Gasteiger partial charge is 0.495 e. The van der Waals surface area contributed by atoms with Gasteiger partial charge in [0.05, 0.1) is 17.7 Å². The summed E-state index contributed by atoms with van der Waals surface area (Å²) in [5.74, 6) is 0.589. The fourth-order valence-electron chi connectivity index (χ4n) is 3.62. The van der Waals surface area contributed by atoms with Crippen LogP contribution in [0.15, 0.2) is 18.2 Å². The lowest BCUT2D eigenvalue weighted by atomic mass is 9.84. The lowest BCUT2D eigenvalue weighted by Crippen LogP contribution is -2.46. The van der Waals surface area contributed by atoms with Crippen molar-refractivity contribution in [3.63, 3.8) is 0 Å². The summed E-state index contributed by atoms with van der Waals surface area (Å²) in [4.78, 5) is 29.4. The fraction of sp³-hybridized carbons (Fsp3) is 0.632. The lowest BCUT2D eigenvalue weighted by molar-refractivity contribution is -0.736. The molecule has 2 rings (SSSR count). The van der Waals surface area contributed by atoms with Crippen molar-refractivity contribution < 1.29 is 24.0 Å². The molecule has 0 saturated heterocycles. The third kappa shape index (κ3) is 5.64. The first-order valence-corrected chi connectivity index (χ1v) is 9.28.